The van der Waals surface area contributed by atoms with Crippen molar-refractivity contribution < 1.29 is 27.6 Å². The van der Waals surface area contributed by atoms with Gasteiger partial charge in [-0.1, -0.05) is 17.7 Å². The van der Waals surface area contributed by atoms with Gasteiger partial charge in [-0.3, -0.25) is 14.9 Å². The number of hydrogen-bond donors (Lipinski definition) is 1. The number of nitrogens with one attached hydrogen (secondary N) is 1. The lowest BCUT2D eigenvalue weighted by Crippen LogP contribution is -2.50. The summed E-state index contributed by atoms with van der Waals surface area (Å²) in [5.41, 5.74) is 0.334. The molecule has 11 heteroatoms. The van der Waals surface area contributed by atoms with Gasteiger partial charge in [0, 0.05) is 49.7 Å². The normalized spacial score (nSPS) is 20.5. The van der Waals surface area contributed by atoms with Crippen LogP contribution in [-0.4, -0.2) is 60.7 Å². The highest BCUT2D eigenvalue weighted by Crippen LogP contribution is 2.38. The van der Waals surface area contributed by atoms with Gasteiger partial charge in [-0.05, 0) is 56.9 Å². The Morgan fingerprint density at radius 1 is 1.05 bits per heavy atom. The molecule has 4 rings (SSSR count). The number of nitrogens with zero attached hydrogens (tertiary/aromatic N) is 3. The fourth-order valence-corrected chi connectivity index (χ4v) is 4.87. The van der Waals surface area contributed by atoms with Crippen LogP contribution in [0, 0.1) is 17.0 Å². The first kappa shape index (κ1) is 26.7. The Morgan fingerprint density at radius 2 is 1.70 bits per heavy atom. The quantitative estimate of drug-likeness (QED) is 0.408. The van der Waals surface area contributed by atoms with E-state index in [4.69, 9.17) is 4.74 Å². The third-order valence-corrected chi connectivity index (χ3v) is 7.02. The molecule has 0 aromatic heterocycles. The largest absolute Gasteiger partial charge is 0.423 e. The first-order chi connectivity index (χ1) is 17.6. The Kier molecular flexibility index (Phi) is 8.21. The molecule has 0 radical (unpaired) electrons. The van der Waals surface area contributed by atoms with Crippen molar-refractivity contribution in [3.05, 3.63) is 63.7 Å². The molecular formula is C26H31F3N4O4. The minimum atomic E-state index is -4.81. The third kappa shape index (κ3) is 6.91. The summed E-state index contributed by atoms with van der Waals surface area (Å²) in [6, 6.07) is 11.2. The number of halogens is 3. The lowest BCUT2D eigenvalue weighted by Gasteiger charge is -2.36. The number of nitro groups is 1. The molecular weight excluding hydrogens is 489 g/mol. The van der Waals surface area contributed by atoms with E-state index in [1.54, 1.807) is 0 Å². The number of nitro benzene ring substituents is 1. The summed E-state index contributed by atoms with van der Waals surface area (Å²) in [6.07, 6.45) is -2.24. The van der Waals surface area contributed by atoms with E-state index in [1.807, 2.05) is 4.90 Å². The van der Waals surface area contributed by atoms with Gasteiger partial charge in [-0.2, -0.15) is 13.2 Å². The van der Waals surface area contributed by atoms with Crippen LogP contribution in [0.15, 0.2) is 42.5 Å². The zero-order chi connectivity index (χ0) is 26.6. The van der Waals surface area contributed by atoms with Gasteiger partial charge >= 0.3 is 6.18 Å². The maximum Gasteiger partial charge on any atom is 0.423 e. The van der Waals surface area contributed by atoms with E-state index >= 15 is 0 Å². The number of piperazine rings is 1. The number of hydrogen-bond acceptors (Lipinski definition) is 6. The predicted molar refractivity (Wildman–Crippen MR) is 134 cm³/mol. The third-order valence-electron chi connectivity index (χ3n) is 7.02. The second kappa shape index (κ2) is 11.4. The fraction of sp³-hybridized carbons (Fsp3) is 0.500. The molecule has 2 aliphatic rings. The maximum absolute atomic E-state index is 13.2. The van der Waals surface area contributed by atoms with Crippen LogP contribution >= 0.6 is 0 Å². The summed E-state index contributed by atoms with van der Waals surface area (Å²) in [5.74, 6) is -0.0330. The molecule has 1 aliphatic heterocycles. The molecule has 2 aromatic rings. The van der Waals surface area contributed by atoms with Crippen LogP contribution in [0.4, 0.5) is 30.2 Å². The summed E-state index contributed by atoms with van der Waals surface area (Å²) < 4.78 is 45.6. The molecule has 1 amide bonds. The number of anilines is 2. The monoisotopic (exact) mass is 520 g/mol. The topological polar surface area (TPSA) is 88.0 Å². The summed E-state index contributed by atoms with van der Waals surface area (Å²) in [6.45, 7) is 4.89. The van der Waals surface area contributed by atoms with E-state index < -0.39 is 22.4 Å². The standard InChI is InChI=1S/C26H31F3N4O4/c1-18-2-7-21(8-3-18)31-12-14-32(15-13-31)25(34)17-37-22-9-4-19(5-10-22)30-20-6-11-24(33(35)36)23(16-20)26(27,28)29/h2-3,6-8,11,16,19,22,30H,4-5,9-10,12-15,17H2,1H3. The molecule has 37 heavy (non-hydrogen) atoms. The van der Waals surface area contributed by atoms with Gasteiger partial charge in [0.05, 0.1) is 11.0 Å². The molecule has 0 spiro atoms. The minimum absolute atomic E-state index is 0.0184. The smallest absolute Gasteiger partial charge is 0.382 e. The average Bonchev–Trinajstić information content (AvgIpc) is 2.88. The molecule has 2 aromatic carbocycles. The number of benzene rings is 2. The number of ether oxygens (including phenoxy) is 1. The van der Waals surface area contributed by atoms with Crippen molar-refractivity contribution in [2.45, 2.75) is 50.9 Å². The van der Waals surface area contributed by atoms with E-state index in [1.165, 1.54) is 11.6 Å². The van der Waals surface area contributed by atoms with Gasteiger partial charge in [0.1, 0.15) is 12.2 Å². The van der Waals surface area contributed by atoms with Crippen LogP contribution in [0.25, 0.3) is 0 Å². The molecule has 1 heterocycles. The Hall–Kier alpha value is -3.34. The van der Waals surface area contributed by atoms with E-state index in [0.29, 0.717) is 38.8 Å². The Labute approximate surface area is 213 Å². The lowest BCUT2D eigenvalue weighted by molar-refractivity contribution is -0.388. The van der Waals surface area contributed by atoms with Crippen molar-refractivity contribution in [1.29, 1.82) is 0 Å². The van der Waals surface area contributed by atoms with Crippen molar-refractivity contribution in [3.8, 4) is 0 Å². The number of rotatable bonds is 7. The summed E-state index contributed by atoms with van der Waals surface area (Å²) in [7, 11) is 0. The minimum Gasteiger partial charge on any atom is -0.382 e. The summed E-state index contributed by atoms with van der Waals surface area (Å²) >= 11 is 0. The van der Waals surface area contributed by atoms with Crippen molar-refractivity contribution >= 4 is 23.0 Å². The average molecular weight is 521 g/mol. The summed E-state index contributed by atoms with van der Waals surface area (Å²) in [4.78, 5) is 26.7. The van der Waals surface area contributed by atoms with E-state index in [9.17, 15) is 28.1 Å². The molecule has 0 unspecified atom stereocenters. The number of carbonyl (C=O) groups is 1. The number of alkyl halides is 3. The van der Waals surface area contributed by atoms with Gasteiger partial charge in [-0.15, -0.1) is 0 Å². The van der Waals surface area contributed by atoms with Crippen LogP contribution in [-0.2, 0) is 15.7 Å². The first-order valence-corrected chi connectivity index (χ1v) is 12.4. The molecule has 1 aliphatic carbocycles. The predicted octanol–water partition coefficient (Wildman–Crippen LogP) is 5.01. The van der Waals surface area contributed by atoms with Crippen LogP contribution in [0.5, 0.6) is 0 Å². The first-order valence-electron chi connectivity index (χ1n) is 12.4. The molecule has 0 atom stereocenters. The second-order valence-corrected chi connectivity index (χ2v) is 9.62. The SMILES string of the molecule is Cc1ccc(N2CCN(C(=O)COC3CCC(Nc4ccc([N+](=O)[O-])c(C(F)(F)F)c4)CC3)CC2)cc1. The highest BCUT2D eigenvalue weighted by atomic mass is 19.4. The van der Waals surface area contributed by atoms with E-state index in [0.717, 1.165) is 30.9 Å². The molecule has 1 saturated carbocycles. The number of carbonyl (C=O) groups excluding carboxylic acids is 1. The van der Waals surface area contributed by atoms with Gasteiger partial charge in [0.25, 0.3) is 5.69 Å². The maximum atomic E-state index is 13.2. The Morgan fingerprint density at radius 3 is 2.30 bits per heavy atom. The van der Waals surface area contributed by atoms with Gasteiger partial charge in [0.2, 0.25) is 5.91 Å². The molecule has 1 N–H and O–H groups in total. The highest BCUT2D eigenvalue weighted by molar-refractivity contribution is 5.77. The van der Waals surface area contributed by atoms with Crippen molar-refractivity contribution in [3.63, 3.8) is 0 Å². The zero-order valence-corrected chi connectivity index (χ0v) is 20.7. The molecule has 1 saturated heterocycles. The Bertz CT molecular complexity index is 1090. The summed E-state index contributed by atoms with van der Waals surface area (Å²) in [5, 5.41) is 14.0. The molecule has 2 fully saturated rings. The van der Waals surface area contributed by atoms with Crippen LogP contribution in [0.1, 0.15) is 36.8 Å². The number of amides is 1. The lowest BCUT2D eigenvalue weighted by atomic mass is 9.92. The van der Waals surface area contributed by atoms with Crippen molar-refractivity contribution in [1.82, 2.24) is 4.90 Å². The fourth-order valence-electron chi connectivity index (χ4n) is 4.87. The van der Waals surface area contributed by atoms with Crippen molar-refractivity contribution in [2.75, 3.05) is 43.0 Å². The molecule has 0 bridgehead atoms. The van der Waals surface area contributed by atoms with Crippen LogP contribution < -0.4 is 10.2 Å². The van der Waals surface area contributed by atoms with Crippen molar-refractivity contribution in [2.24, 2.45) is 0 Å². The van der Waals surface area contributed by atoms with Gasteiger partial charge < -0.3 is 19.9 Å². The molecule has 8 nitrogen and oxygen atoms in total. The van der Waals surface area contributed by atoms with Gasteiger partial charge in [0.15, 0.2) is 0 Å². The molecule has 200 valence electrons. The van der Waals surface area contributed by atoms with E-state index in [-0.39, 0.29) is 30.3 Å². The van der Waals surface area contributed by atoms with Crippen LogP contribution in [0.2, 0.25) is 0 Å². The highest BCUT2D eigenvalue weighted by Gasteiger charge is 2.38. The van der Waals surface area contributed by atoms with E-state index in [2.05, 4.69) is 41.4 Å². The van der Waals surface area contributed by atoms with Crippen LogP contribution in [0.3, 0.4) is 0 Å². The number of aryl methyl sites for hydroxylation is 1. The van der Waals surface area contributed by atoms with Gasteiger partial charge in [-0.25, -0.2) is 0 Å². The second-order valence-electron chi connectivity index (χ2n) is 9.62. The zero-order valence-electron chi connectivity index (χ0n) is 20.7. The Balaban J connectivity index is 1.20.